The molecular formula is C24H40O4. The van der Waals surface area contributed by atoms with E-state index in [1.165, 1.54) is 25.7 Å². The van der Waals surface area contributed by atoms with E-state index in [1.54, 1.807) is 0 Å². The lowest BCUT2D eigenvalue weighted by Gasteiger charge is -2.62. The molecule has 0 aromatic heterocycles. The summed E-state index contributed by atoms with van der Waals surface area (Å²) in [4.78, 5) is 11.1. The van der Waals surface area contributed by atoms with Crippen LogP contribution in [0.2, 0.25) is 0 Å². The molecule has 10 atom stereocenters. The van der Waals surface area contributed by atoms with Gasteiger partial charge in [0.15, 0.2) is 0 Å². The molecule has 3 N–H and O–H groups in total. The van der Waals surface area contributed by atoms with Gasteiger partial charge in [-0.3, -0.25) is 4.79 Å². The number of hydrogen-bond acceptors (Lipinski definition) is 3. The van der Waals surface area contributed by atoms with Gasteiger partial charge in [-0.2, -0.15) is 0 Å². The Morgan fingerprint density at radius 2 is 1.68 bits per heavy atom. The summed E-state index contributed by atoms with van der Waals surface area (Å²) in [7, 11) is 0. The molecule has 0 spiro atoms. The van der Waals surface area contributed by atoms with Crippen LogP contribution in [0.3, 0.4) is 0 Å². The second-order valence-electron chi connectivity index (χ2n) is 11.4. The number of aliphatic hydroxyl groups excluding tert-OH is 2. The highest BCUT2D eigenvalue weighted by Gasteiger charge is 2.62. The van der Waals surface area contributed by atoms with E-state index in [-0.39, 0.29) is 29.5 Å². The Kier molecular flexibility index (Phi) is 5.36. The third-order valence-corrected chi connectivity index (χ3v) is 10.2. The zero-order valence-electron chi connectivity index (χ0n) is 17.9. The summed E-state index contributed by atoms with van der Waals surface area (Å²) in [6.45, 7) is 7.16. The van der Waals surface area contributed by atoms with Gasteiger partial charge in [-0.25, -0.2) is 0 Å². The fraction of sp³-hybridized carbons (Fsp3) is 0.958. The summed E-state index contributed by atoms with van der Waals surface area (Å²) in [6, 6.07) is 0. The van der Waals surface area contributed by atoms with Gasteiger partial charge in [0.25, 0.3) is 0 Å². The Bertz CT molecular complexity index is 605. The van der Waals surface area contributed by atoms with Gasteiger partial charge < -0.3 is 15.3 Å². The minimum absolute atomic E-state index is 0.179. The number of fused-ring (bicyclic) bond motifs is 5. The van der Waals surface area contributed by atoms with Crippen molar-refractivity contribution in [3.8, 4) is 0 Å². The topological polar surface area (TPSA) is 77.8 Å². The summed E-state index contributed by atoms with van der Waals surface area (Å²) in [5, 5.41) is 30.5. The van der Waals surface area contributed by atoms with Crippen molar-refractivity contribution in [3.63, 3.8) is 0 Å². The molecule has 0 aromatic rings. The van der Waals surface area contributed by atoms with Crippen LogP contribution < -0.4 is 0 Å². The Balaban J connectivity index is 1.55. The predicted octanol–water partition coefficient (Wildman–Crippen LogP) is 4.48. The summed E-state index contributed by atoms with van der Waals surface area (Å²) in [5.74, 6) is 2.36. The fourth-order valence-electron chi connectivity index (χ4n) is 8.73. The average molecular weight is 393 g/mol. The first-order valence-corrected chi connectivity index (χ1v) is 11.7. The van der Waals surface area contributed by atoms with Crippen molar-refractivity contribution in [2.45, 2.75) is 97.2 Å². The predicted molar refractivity (Wildman–Crippen MR) is 109 cm³/mol. The van der Waals surface area contributed by atoms with Gasteiger partial charge in [-0.05, 0) is 104 Å². The van der Waals surface area contributed by atoms with E-state index in [0.717, 1.165) is 32.1 Å². The quantitative estimate of drug-likeness (QED) is 0.659. The Morgan fingerprint density at radius 1 is 1.00 bits per heavy atom. The van der Waals surface area contributed by atoms with Crippen molar-refractivity contribution in [3.05, 3.63) is 0 Å². The molecule has 0 bridgehead atoms. The van der Waals surface area contributed by atoms with Gasteiger partial charge in [-0.15, -0.1) is 0 Å². The highest BCUT2D eigenvalue weighted by molar-refractivity contribution is 5.66. The van der Waals surface area contributed by atoms with Crippen LogP contribution >= 0.6 is 0 Å². The highest BCUT2D eigenvalue weighted by Crippen LogP contribution is 2.68. The molecular weight excluding hydrogens is 352 g/mol. The van der Waals surface area contributed by atoms with Crippen LogP contribution in [-0.4, -0.2) is 33.5 Å². The number of carbonyl (C=O) groups is 1. The maximum absolute atomic E-state index is 11.2. The van der Waals surface area contributed by atoms with Crippen LogP contribution in [0.1, 0.15) is 85.0 Å². The second-order valence-corrected chi connectivity index (χ2v) is 11.4. The molecule has 4 heteroatoms. The van der Waals surface area contributed by atoms with Crippen molar-refractivity contribution in [2.75, 3.05) is 0 Å². The van der Waals surface area contributed by atoms with E-state index in [9.17, 15) is 15.0 Å². The summed E-state index contributed by atoms with van der Waals surface area (Å²) in [5.41, 5.74) is 0.523. The second kappa shape index (κ2) is 7.27. The van der Waals surface area contributed by atoms with E-state index in [4.69, 9.17) is 5.11 Å². The maximum atomic E-state index is 11.2. The molecule has 4 fully saturated rings. The molecule has 4 nitrogen and oxygen atoms in total. The van der Waals surface area contributed by atoms with Gasteiger partial charge in [0, 0.05) is 6.42 Å². The largest absolute Gasteiger partial charge is 0.481 e. The number of rotatable bonds is 4. The van der Waals surface area contributed by atoms with Crippen LogP contribution in [-0.2, 0) is 4.79 Å². The zero-order chi connectivity index (χ0) is 20.3. The lowest BCUT2D eigenvalue weighted by Crippen LogP contribution is -2.58. The van der Waals surface area contributed by atoms with Gasteiger partial charge >= 0.3 is 5.97 Å². The average Bonchev–Trinajstić information content (AvgIpc) is 2.98. The van der Waals surface area contributed by atoms with Crippen molar-refractivity contribution < 1.29 is 20.1 Å². The van der Waals surface area contributed by atoms with Crippen LogP contribution in [0.25, 0.3) is 0 Å². The smallest absolute Gasteiger partial charge is 0.303 e. The van der Waals surface area contributed by atoms with Crippen LogP contribution in [0, 0.1) is 46.3 Å². The molecule has 4 rings (SSSR count). The van der Waals surface area contributed by atoms with E-state index in [2.05, 4.69) is 20.8 Å². The van der Waals surface area contributed by atoms with Crippen molar-refractivity contribution in [1.29, 1.82) is 0 Å². The minimum Gasteiger partial charge on any atom is -0.481 e. The molecule has 0 aromatic carbocycles. The first-order chi connectivity index (χ1) is 13.2. The molecule has 0 amide bonds. The number of aliphatic hydroxyl groups is 2. The molecule has 4 saturated carbocycles. The van der Waals surface area contributed by atoms with E-state index >= 15 is 0 Å². The number of carboxylic acid groups (broad SMARTS) is 1. The summed E-state index contributed by atoms with van der Waals surface area (Å²) in [6.07, 6.45) is 9.19. The van der Waals surface area contributed by atoms with Gasteiger partial charge in [0.05, 0.1) is 12.2 Å². The van der Waals surface area contributed by atoms with Crippen LogP contribution in [0.15, 0.2) is 0 Å². The van der Waals surface area contributed by atoms with E-state index < -0.39 is 5.97 Å². The van der Waals surface area contributed by atoms with Crippen LogP contribution in [0.5, 0.6) is 0 Å². The Hall–Kier alpha value is -0.610. The van der Waals surface area contributed by atoms with Gasteiger partial charge in [0.1, 0.15) is 0 Å². The molecule has 0 aliphatic heterocycles. The monoisotopic (exact) mass is 392 g/mol. The number of hydrogen-bond donors (Lipinski definition) is 3. The third-order valence-electron chi connectivity index (χ3n) is 10.2. The van der Waals surface area contributed by atoms with E-state index in [0.29, 0.717) is 35.5 Å². The van der Waals surface area contributed by atoms with Gasteiger partial charge in [-0.1, -0.05) is 20.8 Å². The Morgan fingerprint density at radius 3 is 2.39 bits per heavy atom. The molecule has 4 aliphatic carbocycles. The normalized spacial score (nSPS) is 51.7. The molecule has 0 radical (unpaired) electrons. The number of aliphatic carboxylic acids is 1. The van der Waals surface area contributed by atoms with E-state index in [1.807, 2.05) is 0 Å². The summed E-state index contributed by atoms with van der Waals surface area (Å²) >= 11 is 0. The molecule has 4 aliphatic rings. The third kappa shape index (κ3) is 3.14. The van der Waals surface area contributed by atoms with Crippen molar-refractivity contribution >= 4 is 5.97 Å². The highest BCUT2D eigenvalue weighted by atomic mass is 16.4. The van der Waals surface area contributed by atoms with Gasteiger partial charge in [0.2, 0.25) is 0 Å². The molecule has 0 saturated heterocycles. The fourth-order valence-corrected chi connectivity index (χ4v) is 8.73. The first kappa shape index (κ1) is 20.7. The minimum atomic E-state index is -0.684. The standard InChI is InChI=1S/C24H40O4/c1-14(4-7-21(27)28)17-5-6-18-22-19(9-11-24(17,18)3)23(2)10-8-16(25)12-15(23)13-20(22)26/h14-20,22,25-26H,4-13H2,1-3H3,(H,27,28)/t14-,15+,16-,17+,18+,19+,20-,22+,23+,24-/m1/s1. The maximum Gasteiger partial charge on any atom is 0.303 e. The zero-order valence-corrected chi connectivity index (χ0v) is 17.9. The first-order valence-electron chi connectivity index (χ1n) is 11.7. The van der Waals surface area contributed by atoms with Crippen LogP contribution in [0.4, 0.5) is 0 Å². The number of carboxylic acids is 1. The van der Waals surface area contributed by atoms with Crippen molar-refractivity contribution in [2.24, 2.45) is 46.3 Å². The van der Waals surface area contributed by atoms with Crippen molar-refractivity contribution in [1.82, 2.24) is 0 Å². The lowest BCUT2D eigenvalue weighted by molar-refractivity contribution is -0.174. The lowest BCUT2D eigenvalue weighted by atomic mass is 9.43. The molecule has 28 heavy (non-hydrogen) atoms. The SMILES string of the molecule is C[C@H](CCC(=O)O)[C@@H]1CC[C@H]2[C@@H]3[C@H](O)C[C@@H]4C[C@H](O)CC[C@]4(C)[C@H]3CC[C@@]21C. The Labute approximate surface area is 170 Å². The molecule has 0 unspecified atom stereocenters. The molecule has 160 valence electrons. The molecule has 0 heterocycles. The summed E-state index contributed by atoms with van der Waals surface area (Å²) < 4.78 is 0.